The summed E-state index contributed by atoms with van der Waals surface area (Å²) in [7, 11) is 0. The lowest BCUT2D eigenvalue weighted by Crippen LogP contribution is -2.46. The molecule has 1 aliphatic carbocycles. The molecule has 2 N–H and O–H groups in total. The number of carbonyl (C=O) groups excluding carboxylic acids is 1. The predicted octanol–water partition coefficient (Wildman–Crippen LogP) is 3.22. The van der Waals surface area contributed by atoms with Crippen LogP contribution in [0.4, 0.5) is 4.39 Å². The van der Waals surface area contributed by atoms with Crippen LogP contribution in [-0.2, 0) is 4.74 Å². The Morgan fingerprint density at radius 2 is 1.87 bits per heavy atom. The molecule has 1 aromatic heterocycles. The summed E-state index contributed by atoms with van der Waals surface area (Å²) in [6.45, 7) is 6.82. The first-order chi connectivity index (χ1) is 14.7. The second kappa shape index (κ2) is 8.55. The van der Waals surface area contributed by atoms with E-state index in [4.69, 9.17) is 4.74 Å². The monoisotopic (exact) mass is 414 g/mol. The SMILES string of the molecule is O=C(NC1CCN(CCN2CCCCC2)CC1)c1cc2c([nH]1)C=C(F)C1C=COC21. The zero-order valence-corrected chi connectivity index (χ0v) is 17.4. The van der Waals surface area contributed by atoms with Crippen molar-refractivity contribution in [3.8, 4) is 0 Å². The number of nitrogens with one attached hydrogen (secondary N) is 2. The van der Waals surface area contributed by atoms with Crippen molar-refractivity contribution in [2.45, 2.75) is 44.2 Å². The molecule has 0 aromatic carbocycles. The molecule has 6 nitrogen and oxygen atoms in total. The van der Waals surface area contributed by atoms with E-state index in [1.807, 2.05) is 6.07 Å². The van der Waals surface area contributed by atoms with E-state index in [-0.39, 0.29) is 29.8 Å². The highest BCUT2D eigenvalue weighted by molar-refractivity contribution is 5.93. The first-order valence-corrected chi connectivity index (χ1v) is 11.3. The largest absolute Gasteiger partial charge is 0.492 e. The van der Waals surface area contributed by atoms with Gasteiger partial charge in [0.25, 0.3) is 5.91 Å². The van der Waals surface area contributed by atoms with Gasteiger partial charge in [0.05, 0.1) is 12.2 Å². The number of halogens is 1. The topological polar surface area (TPSA) is 60.6 Å². The molecule has 0 bridgehead atoms. The van der Waals surface area contributed by atoms with Crippen LogP contribution in [0.25, 0.3) is 6.08 Å². The third kappa shape index (κ3) is 4.05. The third-order valence-electron chi connectivity index (χ3n) is 6.97. The van der Waals surface area contributed by atoms with Gasteiger partial charge in [0.1, 0.15) is 17.6 Å². The van der Waals surface area contributed by atoms with Crippen molar-refractivity contribution in [3.05, 3.63) is 41.2 Å². The highest BCUT2D eigenvalue weighted by atomic mass is 19.1. The molecule has 2 saturated heterocycles. The zero-order valence-electron chi connectivity index (χ0n) is 17.4. The first-order valence-electron chi connectivity index (χ1n) is 11.3. The Morgan fingerprint density at radius 1 is 1.13 bits per heavy atom. The fraction of sp³-hybridized carbons (Fsp3) is 0.609. The summed E-state index contributed by atoms with van der Waals surface area (Å²) >= 11 is 0. The third-order valence-corrected chi connectivity index (χ3v) is 6.97. The van der Waals surface area contributed by atoms with E-state index < -0.39 is 0 Å². The quantitative estimate of drug-likeness (QED) is 0.777. The maximum Gasteiger partial charge on any atom is 0.267 e. The fourth-order valence-corrected chi connectivity index (χ4v) is 5.13. The Kier molecular flexibility index (Phi) is 5.65. The van der Waals surface area contributed by atoms with Gasteiger partial charge in [-0.1, -0.05) is 6.42 Å². The molecule has 2 fully saturated rings. The van der Waals surface area contributed by atoms with Crippen molar-refractivity contribution in [2.75, 3.05) is 39.3 Å². The molecule has 4 heterocycles. The number of hydrogen-bond acceptors (Lipinski definition) is 4. The first kappa shape index (κ1) is 19.8. The van der Waals surface area contributed by atoms with Crippen LogP contribution in [0.2, 0.25) is 0 Å². The van der Waals surface area contributed by atoms with E-state index >= 15 is 0 Å². The molecule has 5 rings (SSSR count). The Labute approximate surface area is 177 Å². The van der Waals surface area contributed by atoms with Gasteiger partial charge in [-0.2, -0.15) is 0 Å². The number of amides is 1. The molecule has 1 aromatic rings. The molecule has 4 aliphatic rings. The highest BCUT2D eigenvalue weighted by Crippen LogP contribution is 2.44. The van der Waals surface area contributed by atoms with E-state index in [1.54, 1.807) is 12.3 Å². The summed E-state index contributed by atoms with van der Waals surface area (Å²) < 4.78 is 19.8. The van der Waals surface area contributed by atoms with Gasteiger partial charge in [-0.05, 0) is 57.0 Å². The number of aromatic nitrogens is 1. The van der Waals surface area contributed by atoms with Crippen molar-refractivity contribution in [3.63, 3.8) is 0 Å². The second-order valence-electron chi connectivity index (χ2n) is 8.98. The van der Waals surface area contributed by atoms with Gasteiger partial charge < -0.3 is 24.8 Å². The smallest absolute Gasteiger partial charge is 0.267 e. The average molecular weight is 415 g/mol. The fourth-order valence-electron chi connectivity index (χ4n) is 5.13. The van der Waals surface area contributed by atoms with Crippen LogP contribution >= 0.6 is 0 Å². The van der Waals surface area contributed by atoms with E-state index in [0.717, 1.165) is 44.6 Å². The van der Waals surface area contributed by atoms with Crippen LogP contribution in [-0.4, -0.2) is 66.0 Å². The minimum absolute atomic E-state index is 0.118. The molecule has 2 atom stereocenters. The van der Waals surface area contributed by atoms with Crippen LogP contribution in [0, 0.1) is 5.92 Å². The van der Waals surface area contributed by atoms with Crippen molar-refractivity contribution in [1.82, 2.24) is 20.1 Å². The number of H-pyrrole nitrogens is 1. The van der Waals surface area contributed by atoms with Crippen LogP contribution < -0.4 is 5.32 Å². The molecule has 7 heteroatoms. The maximum atomic E-state index is 14.2. The number of aromatic amines is 1. The van der Waals surface area contributed by atoms with Gasteiger partial charge in [0.15, 0.2) is 0 Å². The molecule has 0 radical (unpaired) electrons. The van der Waals surface area contributed by atoms with Gasteiger partial charge in [-0.15, -0.1) is 0 Å². The number of likely N-dealkylation sites (tertiary alicyclic amines) is 2. The summed E-state index contributed by atoms with van der Waals surface area (Å²) in [5.41, 5.74) is 1.96. The predicted molar refractivity (Wildman–Crippen MR) is 114 cm³/mol. The van der Waals surface area contributed by atoms with E-state index in [1.165, 1.54) is 38.4 Å². The maximum absolute atomic E-state index is 14.2. The Morgan fingerprint density at radius 3 is 2.63 bits per heavy atom. The second-order valence-corrected chi connectivity index (χ2v) is 8.98. The number of piperidine rings is 2. The zero-order chi connectivity index (χ0) is 20.5. The molecule has 0 spiro atoms. The summed E-state index contributed by atoms with van der Waals surface area (Å²) in [4.78, 5) is 21.0. The van der Waals surface area contributed by atoms with Gasteiger partial charge in [0, 0.05) is 43.5 Å². The minimum Gasteiger partial charge on any atom is -0.492 e. The van der Waals surface area contributed by atoms with Crippen molar-refractivity contribution in [2.24, 2.45) is 5.92 Å². The van der Waals surface area contributed by atoms with Crippen LogP contribution in [0.1, 0.15) is 60.0 Å². The van der Waals surface area contributed by atoms with Crippen LogP contribution in [0.15, 0.2) is 24.2 Å². The standard InChI is InChI=1S/C23H31FN4O2/c24-19-15-20-18(22-17(19)6-13-30-22)14-21(26-20)23(29)25-16-4-9-28(10-5-16)12-11-27-7-2-1-3-8-27/h6,13-17,22,26H,1-5,7-12H2,(H,25,29). The average Bonchev–Trinajstić information content (AvgIpc) is 3.41. The van der Waals surface area contributed by atoms with E-state index in [0.29, 0.717) is 11.4 Å². The Balaban J connectivity index is 1.12. The van der Waals surface area contributed by atoms with Gasteiger partial charge in [-0.25, -0.2) is 4.39 Å². The summed E-state index contributed by atoms with van der Waals surface area (Å²) in [6.07, 6.45) is 10.4. The molecule has 3 aliphatic heterocycles. The number of fused-ring (bicyclic) bond motifs is 3. The Hall–Kier alpha value is -2.12. The number of rotatable bonds is 5. The molecule has 2 unspecified atom stereocenters. The number of nitrogens with zero attached hydrogens (tertiary/aromatic N) is 2. The highest BCUT2D eigenvalue weighted by Gasteiger charge is 2.36. The molecular weight excluding hydrogens is 383 g/mol. The molecule has 30 heavy (non-hydrogen) atoms. The Bertz CT molecular complexity index is 834. The lowest BCUT2D eigenvalue weighted by molar-refractivity contribution is 0.0900. The van der Waals surface area contributed by atoms with Crippen LogP contribution in [0.5, 0.6) is 0 Å². The summed E-state index contributed by atoms with van der Waals surface area (Å²) in [5.74, 6) is -0.724. The summed E-state index contributed by atoms with van der Waals surface area (Å²) in [5, 5.41) is 3.16. The molecule has 162 valence electrons. The molecular formula is C23H31FN4O2. The molecule has 0 saturated carbocycles. The van der Waals surface area contributed by atoms with Crippen molar-refractivity contribution in [1.29, 1.82) is 0 Å². The number of carbonyl (C=O) groups is 1. The van der Waals surface area contributed by atoms with Gasteiger partial charge >= 0.3 is 0 Å². The normalized spacial score (nSPS) is 27.3. The van der Waals surface area contributed by atoms with Gasteiger partial charge in [-0.3, -0.25) is 4.79 Å². The van der Waals surface area contributed by atoms with E-state index in [2.05, 4.69) is 20.1 Å². The lowest BCUT2D eigenvalue weighted by Gasteiger charge is -2.34. The van der Waals surface area contributed by atoms with E-state index in [9.17, 15) is 9.18 Å². The summed E-state index contributed by atoms with van der Waals surface area (Å²) in [6, 6.07) is 2.00. The van der Waals surface area contributed by atoms with Gasteiger partial charge in [0.2, 0.25) is 0 Å². The van der Waals surface area contributed by atoms with Crippen LogP contribution in [0.3, 0.4) is 0 Å². The van der Waals surface area contributed by atoms with Crippen molar-refractivity contribution < 1.29 is 13.9 Å². The van der Waals surface area contributed by atoms with Crippen molar-refractivity contribution >= 4 is 12.0 Å². The lowest BCUT2D eigenvalue weighted by atomic mass is 9.90. The minimum atomic E-state index is -0.376. The molecule has 1 amide bonds. The number of hydrogen-bond donors (Lipinski definition) is 2. The number of ether oxygens (including phenoxy) is 1.